The predicted octanol–water partition coefficient (Wildman–Crippen LogP) is 4.62. The minimum atomic E-state index is 0.552. The summed E-state index contributed by atoms with van der Waals surface area (Å²) in [6.07, 6.45) is 8.35. The van der Waals surface area contributed by atoms with Crippen molar-refractivity contribution in [2.24, 2.45) is 0 Å². The van der Waals surface area contributed by atoms with Crippen molar-refractivity contribution in [3.05, 3.63) is 33.9 Å². The van der Waals surface area contributed by atoms with E-state index in [4.69, 9.17) is 17.3 Å². The zero-order valence-corrected chi connectivity index (χ0v) is 21.3. The quantitative estimate of drug-likeness (QED) is 0.273. The van der Waals surface area contributed by atoms with Gasteiger partial charge in [0.15, 0.2) is 0 Å². The molecule has 2 aliphatic rings. The van der Waals surface area contributed by atoms with E-state index in [1.165, 1.54) is 23.3 Å². The van der Waals surface area contributed by atoms with Crippen LogP contribution in [-0.2, 0) is 17.6 Å². The van der Waals surface area contributed by atoms with Gasteiger partial charge in [-0.25, -0.2) is 9.97 Å². The van der Waals surface area contributed by atoms with Gasteiger partial charge >= 0.3 is 0 Å². The first-order valence-corrected chi connectivity index (χ1v) is 12.7. The first-order chi connectivity index (χ1) is 15.9. The van der Waals surface area contributed by atoms with E-state index >= 15 is 0 Å². The summed E-state index contributed by atoms with van der Waals surface area (Å²) in [5.74, 6) is 0.800. The van der Waals surface area contributed by atoms with Crippen LogP contribution in [0.5, 0.6) is 0 Å². The first-order valence-electron chi connectivity index (χ1n) is 11.0. The molecule has 176 valence electrons. The van der Waals surface area contributed by atoms with E-state index in [1.54, 1.807) is 23.7 Å². The number of nitrogens with one attached hydrogen (secondary N) is 1. The van der Waals surface area contributed by atoms with Gasteiger partial charge in [0.25, 0.3) is 0 Å². The van der Waals surface area contributed by atoms with Crippen molar-refractivity contribution in [2.75, 3.05) is 38.2 Å². The Hall–Kier alpha value is -2.07. The lowest BCUT2D eigenvalue weighted by molar-refractivity contribution is -0.117. The molecular weight excluding hydrogens is 476 g/mol. The number of likely N-dealkylation sites (tertiary alicyclic amines) is 1. The predicted molar refractivity (Wildman–Crippen MR) is 140 cm³/mol. The number of likely N-dealkylation sites (N-methyl/N-ethyl adjacent to an activating group) is 1. The lowest BCUT2D eigenvalue weighted by Gasteiger charge is -2.17. The average molecular weight is 505 g/mol. The number of anilines is 3. The molecular formula is C23H29ClN6OS2. The Kier molecular flexibility index (Phi) is 7.63. The molecule has 3 N–H and O–H groups in total. The molecule has 3 aromatic rings. The highest BCUT2D eigenvalue weighted by Crippen LogP contribution is 2.40. The number of amides is 1. The molecule has 0 saturated carbocycles. The van der Waals surface area contributed by atoms with Crippen molar-refractivity contribution >= 4 is 69.4 Å². The number of carbonyl (C=O) groups is 1. The minimum absolute atomic E-state index is 0.552. The van der Waals surface area contributed by atoms with E-state index in [1.807, 2.05) is 11.0 Å². The molecule has 1 fully saturated rings. The maximum Gasteiger partial charge on any atom is 0.209 e. The fourth-order valence-corrected chi connectivity index (χ4v) is 5.91. The molecule has 0 radical (unpaired) electrons. The largest absolute Gasteiger partial charge is 0.398 e. The number of aryl methyl sites for hydroxylation is 2. The van der Waals surface area contributed by atoms with Gasteiger partial charge in [0.05, 0.1) is 16.1 Å². The highest BCUT2D eigenvalue weighted by Gasteiger charge is 2.22. The van der Waals surface area contributed by atoms with Crippen molar-refractivity contribution in [2.45, 2.75) is 43.0 Å². The number of benzene rings is 1. The third-order valence-electron chi connectivity index (χ3n) is 6.19. The standard InChI is InChI=1S/C16H15ClN4S2.C7H14N2O/c17-9-5-10(18)12(22)6-11(9)21-15-14-8-3-1-2-4-13(8)23-16(14)20-7-19-15;1-8(2)7-3-4-9(5-7)6-10/h5-7,22H,1-4,18H2,(H,19,20,21);6-7H,3-5H2,1-2H3. The number of thiol groups is 1. The molecule has 3 heterocycles. The Morgan fingerprint density at radius 1 is 1.30 bits per heavy atom. The normalized spacial score (nSPS) is 17.6. The Balaban J connectivity index is 0.000000219. The summed E-state index contributed by atoms with van der Waals surface area (Å²) in [5, 5.41) is 5.02. The Labute approximate surface area is 208 Å². The first kappa shape index (κ1) is 24.1. The molecule has 33 heavy (non-hydrogen) atoms. The van der Waals surface area contributed by atoms with E-state index in [2.05, 4.69) is 46.9 Å². The van der Waals surface area contributed by atoms with Crippen molar-refractivity contribution in [1.29, 1.82) is 0 Å². The third-order valence-corrected chi connectivity index (χ3v) is 8.09. The van der Waals surface area contributed by atoms with Gasteiger partial charge in [-0.1, -0.05) is 11.6 Å². The number of nitrogen functional groups attached to an aromatic ring is 1. The van der Waals surface area contributed by atoms with Gasteiger partial charge in [-0.05, 0) is 63.9 Å². The maximum atomic E-state index is 10.3. The molecule has 1 saturated heterocycles. The van der Waals surface area contributed by atoms with Crippen LogP contribution < -0.4 is 11.1 Å². The Morgan fingerprint density at radius 3 is 2.79 bits per heavy atom. The zero-order chi connectivity index (χ0) is 23.5. The fraction of sp³-hybridized carbons (Fsp3) is 0.435. The highest BCUT2D eigenvalue weighted by atomic mass is 35.5. The number of fused-ring (bicyclic) bond motifs is 3. The number of hydrogen-bond donors (Lipinski definition) is 3. The van der Waals surface area contributed by atoms with Gasteiger partial charge in [-0.3, -0.25) is 4.79 Å². The van der Waals surface area contributed by atoms with Crippen LogP contribution in [0.4, 0.5) is 17.2 Å². The number of nitrogens with zero attached hydrogens (tertiary/aromatic N) is 4. The summed E-state index contributed by atoms with van der Waals surface area (Å²) in [6.45, 7) is 1.82. The number of nitrogens with two attached hydrogens (primary N) is 1. The number of halogens is 1. The second-order valence-corrected chi connectivity index (χ2v) is 10.6. The van der Waals surface area contributed by atoms with E-state index in [9.17, 15) is 4.79 Å². The molecule has 0 spiro atoms. The van der Waals surface area contributed by atoms with Crippen LogP contribution >= 0.6 is 35.6 Å². The highest BCUT2D eigenvalue weighted by molar-refractivity contribution is 7.80. The molecule has 2 aromatic heterocycles. The van der Waals surface area contributed by atoms with Gasteiger partial charge in [0.2, 0.25) is 6.41 Å². The van der Waals surface area contributed by atoms with Crippen molar-refractivity contribution in [3.8, 4) is 0 Å². The van der Waals surface area contributed by atoms with E-state index in [0.29, 0.717) is 21.6 Å². The zero-order valence-electron chi connectivity index (χ0n) is 18.8. The van der Waals surface area contributed by atoms with Gasteiger partial charge in [-0.15, -0.1) is 24.0 Å². The van der Waals surface area contributed by atoms with Crippen LogP contribution in [-0.4, -0.2) is 59.4 Å². The molecule has 1 aliphatic carbocycles. The van der Waals surface area contributed by atoms with Gasteiger partial charge in [-0.2, -0.15) is 0 Å². The lowest BCUT2D eigenvalue weighted by Crippen LogP contribution is -2.30. The van der Waals surface area contributed by atoms with Gasteiger partial charge in [0.1, 0.15) is 17.0 Å². The second-order valence-electron chi connectivity index (χ2n) is 8.64. The SMILES string of the molecule is CN(C)C1CCN(C=O)C1.Nc1cc(Cl)c(Nc2ncnc3sc4c(c23)CCCC4)cc1S. The molecule has 1 atom stereocenters. The van der Waals surface area contributed by atoms with Gasteiger partial charge in [0, 0.05) is 34.6 Å². The summed E-state index contributed by atoms with van der Waals surface area (Å²) >= 11 is 12.4. The second kappa shape index (κ2) is 10.5. The molecule has 5 rings (SSSR count). The summed E-state index contributed by atoms with van der Waals surface area (Å²) in [4.78, 5) is 26.3. The topological polar surface area (TPSA) is 87.4 Å². The van der Waals surface area contributed by atoms with Crippen LogP contribution in [0, 0.1) is 0 Å². The summed E-state index contributed by atoms with van der Waals surface area (Å²) in [7, 11) is 4.11. The summed E-state index contributed by atoms with van der Waals surface area (Å²) in [6, 6.07) is 4.10. The molecule has 1 aromatic carbocycles. The van der Waals surface area contributed by atoms with Crippen LogP contribution in [0.25, 0.3) is 10.2 Å². The molecule has 1 aliphatic heterocycles. The maximum absolute atomic E-state index is 10.3. The number of rotatable bonds is 4. The van der Waals surface area contributed by atoms with Crippen LogP contribution in [0.1, 0.15) is 29.7 Å². The van der Waals surface area contributed by atoms with E-state index in [0.717, 1.165) is 60.5 Å². The van der Waals surface area contributed by atoms with Crippen molar-refractivity contribution < 1.29 is 4.79 Å². The van der Waals surface area contributed by atoms with Crippen molar-refractivity contribution in [1.82, 2.24) is 19.8 Å². The smallest absolute Gasteiger partial charge is 0.209 e. The molecule has 1 unspecified atom stereocenters. The molecule has 7 nitrogen and oxygen atoms in total. The van der Waals surface area contributed by atoms with Crippen LogP contribution in [0.2, 0.25) is 5.02 Å². The fourth-order valence-electron chi connectivity index (χ4n) is 4.27. The number of carbonyl (C=O) groups excluding carboxylic acids is 1. The number of thiophene rings is 1. The molecule has 1 amide bonds. The minimum Gasteiger partial charge on any atom is -0.398 e. The third kappa shape index (κ3) is 5.37. The van der Waals surface area contributed by atoms with Crippen molar-refractivity contribution in [3.63, 3.8) is 0 Å². The van der Waals surface area contributed by atoms with E-state index in [-0.39, 0.29) is 0 Å². The summed E-state index contributed by atoms with van der Waals surface area (Å²) < 4.78 is 0. The monoisotopic (exact) mass is 504 g/mol. The average Bonchev–Trinajstić information content (AvgIpc) is 3.43. The molecule has 10 heteroatoms. The summed E-state index contributed by atoms with van der Waals surface area (Å²) in [5.41, 5.74) is 8.53. The lowest BCUT2D eigenvalue weighted by atomic mass is 9.97. The Bertz CT molecular complexity index is 1150. The van der Waals surface area contributed by atoms with Crippen LogP contribution in [0.15, 0.2) is 23.4 Å². The number of aromatic nitrogens is 2. The van der Waals surface area contributed by atoms with E-state index < -0.39 is 0 Å². The Morgan fingerprint density at radius 2 is 2.09 bits per heavy atom. The van der Waals surface area contributed by atoms with Crippen LogP contribution in [0.3, 0.4) is 0 Å². The number of hydrogen-bond acceptors (Lipinski definition) is 8. The van der Waals surface area contributed by atoms with Gasteiger partial charge < -0.3 is 20.9 Å². The molecule has 0 bridgehead atoms.